The number of nitrogens with zero attached hydrogens (tertiary/aromatic N) is 1. The summed E-state index contributed by atoms with van der Waals surface area (Å²) in [5.41, 5.74) is 1.72. The number of carbonyl (C=O) groups is 1. The Morgan fingerprint density at radius 3 is 2.58 bits per heavy atom. The average molecular weight is 425 g/mol. The van der Waals surface area contributed by atoms with E-state index in [2.05, 4.69) is 29.6 Å². The van der Waals surface area contributed by atoms with Crippen LogP contribution in [0.5, 0.6) is 11.5 Å². The lowest BCUT2D eigenvalue weighted by Crippen LogP contribution is -2.56. The molecule has 0 aromatic heterocycles. The van der Waals surface area contributed by atoms with E-state index < -0.39 is 0 Å². The van der Waals surface area contributed by atoms with E-state index in [0.717, 1.165) is 25.8 Å². The standard InChI is InChI=1S/C25H32N2O4/c1-18(2)31-22-10-9-20(15-23(22)29-3)24(28)27-14-13-25(30-17-27)12-11-21(26-16-25)19-7-5-4-6-8-19/h4-10,15,18,21,26H,11-14,16-17H2,1-3H3. The van der Waals surface area contributed by atoms with Crippen LogP contribution in [0.2, 0.25) is 0 Å². The molecule has 31 heavy (non-hydrogen) atoms. The number of hydrogen-bond acceptors (Lipinski definition) is 5. The van der Waals surface area contributed by atoms with Crippen LogP contribution < -0.4 is 14.8 Å². The number of methoxy groups -OCH3 is 1. The molecule has 0 radical (unpaired) electrons. The fourth-order valence-corrected chi connectivity index (χ4v) is 4.40. The van der Waals surface area contributed by atoms with Crippen molar-refractivity contribution in [2.75, 3.05) is 26.9 Å². The van der Waals surface area contributed by atoms with E-state index >= 15 is 0 Å². The Kier molecular flexibility index (Phi) is 6.49. The third-order valence-electron chi connectivity index (χ3n) is 6.19. The molecule has 2 heterocycles. The maximum Gasteiger partial charge on any atom is 0.255 e. The minimum absolute atomic E-state index is 0.0349. The maximum atomic E-state index is 13.0. The second kappa shape index (κ2) is 9.28. The maximum absolute atomic E-state index is 13.0. The van der Waals surface area contributed by atoms with Crippen LogP contribution in [-0.2, 0) is 4.74 Å². The van der Waals surface area contributed by atoms with Crippen LogP contribution in [0.15, 0.2) is 48.5 Å². The summed E-state index contributed by atoms with van der Waals surface area (Å²) in [6.07, 6.45) is 2.90. The Labute approximate surface area is 184 Å². The molecule has 1 amide bonds. The number of rotatable bonds is 5. The summed E-state index contributed by atoms with van der Waals surface area (Å²) in [5.74, 6) is 1.16. The molecule has 6 heteroatoms. The molecule has 2 unspecified atom stereocenters. The SMILES string of the molecule is COc1cc(C(=O)N2CCC3(CCC(c4ccccc4)NC3)OC2)ccc1OC(C)C. The van der Waals surface area contributed by atoms with Crippen LogP contribution in [0.3, 0.4) is 0 Å². The first-order valence-electron chi connectivity index (χ1n) is 11.1. The average Bonchev–Trinajstić information content (AvgIpc) is 2.80. The smallest absolute Gasteiger partial charge is 0.255 e. The van der Waals surface area contributed by atoms with Gasteiger partial charge in [-0.25, -0.2) is 0 Å². The molecule has 0 bridgehead atoms. The molecule has 2 fully saturated rings. The Morgan fingerprint density at radius 2 is 1.97 bits per heavy atom. The van der Waals surface area contributed by atoms with Gasteiger partial charge in [-0.05, 0) is 56.9 Å². The van der Waals surface area contributed by atoms with Crippen molar-refractivity contribution in [2.45, 2.75) is 50.9 Å². The number of carbonyl (C=O) groups excluding carboxylic acids is 1. The molecule has 2 aliphatic rings. The van der Waals surface area contributed by atoms with E-state index in [0.29, 0.717) is 36.4 Å². The van der Waals surface area contributed by atoms with Crippen molar-refractivity contribution in [3.63, 3.8) is 0 Å². The molecule has 2 aliphatic heterocycles. The third-order valence-corrected chi connectivity index (χ3v) is 6.19. The molecule has 2 atom stereocenters. The van der Waals surface area contributed by atoms with Crippen LogP contribution in [0, 0.1) is 0 Å². The van der Waals surface area contributed by atoms with Gasteiger partial charge in [-0.3, -0.25) is 4.79 Å². The zero-order valence-electron chi connectivity index (χ0n) is 18.6. The molecule has 1 N–H and O–H groups in total. The van der Waals surface area contributed by atoms with Gasteiger partial charge in [-0.1, -0.05) is 30.3 Å². The lowest BCUT2D eigenvalue weighted by molar-refractivity contribution is -0.138. The molecule has 166 valence electrons. The number of nitrogens with one attached hydrogen (secondary N) is 1. The van der Waals surface area contributed by atoms with E-state index in [1.54, 1.807) is 30.2 Å². The third kappa shape index (κ3) is 4.86. The fraction of sp³-hybridized carbons (Fsp3) is 0.480. The fourth-order valence-electron chi connectivity index (χ4n) is 4.40. The molecule has 0 saturated carbocycles. The topological polar surface area (TPSA) is 60.0 Å². The predicted octanol–water partition coefficient (Wildman–Crippen LogP) is 4.17. The van der Waals surface area contributed by atoms with E-state index in [1.165, 1.54) is 5.56 Å². The Morgan fingerprint density at radius 1 is 1.16 bits per heavy atom. The Bertz CT molecular complexity index is 882. The van der Waals surface area contributed by atoms with Gasteiger partial charge in [0, 0.05) is 24.7 Å². The zero-order valence-corrected chi connectivity index (χ0v) is 18.6. The molecule has 6 nitrogen and oxygen atoms in total. The lowest BCUT2D eigenvalue weighted by Gasteiger charge is -2.46. The highest BCUT2D eigenvalue weighted by molar-refractivity contribution is 5.95. The van der Waals surface area contributed by atoms with Gasteiger partial charge in [0.15, 0.2) is 11.5 Å². The summed E-state index contributed by atoms with van der Waals surface area (Å²) < 4.78 is 17.4. The van der Waals surface area contributed by atoms with Gasteiger partial charge in [0.2, 0.25) is 0 Å². The summed E-state index contributed by atoms with van der Waals surface area (Å²) in [7, 11) is 1.59. The minimum Gasteiger partial charge on any atom is -0.493 e. The summed E-state index contributed by atoms with van der Waals surface area (Å²) >= 11 is 0. The highest BCUT2D eigenvalue weighted by Crippen LogP contribution is 2.36. The number of amides is 1. The van der Waals surface area contributed by atoms with Crippen molar-refractivity contribution in [1.29, 1.82) is 0 Å². The highest BCUT2D eigenvalue weighted by Gasteiger charge is 2.40. The summed E-state index contributed by atoms with van der Waals surface area (Å²) in [6.45, 7) is 5.72. The number of ether oxygens (including phenoxy) is 3. The van der Waals surface area contributed by atoms with E-state index in [1.807, 2.05) is 19.9 Å². The number of piperidine rings is 1. The van der Waals surface area contributed by atoms with E-state index in [-0.39, 0.29) is 17.6 Å². The Balaban J connectivity index is 1.35. The van der Waals surface area contributed by atoms with Gasteiger partial charge in [0.25, 0.3) is 5.91 Å². The van der Waals surface area contributed by atoms with Crippen molar-refractivity contribution in [3.8, 4) is 11.5 Å². The van der Waals surface area contributed by atoms with Crippen molar-refractivity contribution >= 4 is 5.91 Å². The summed E-state index contributed by atoms with van der Waals surface area (Å²) in [5, 5.41) is 3.65. The second-order valence-electron chi connectivity index (χ2n) is 8.69. The van der Waals surface area contributed by atoms with Crippen LogP contribution in [0.25, 0.3) is 0 Å². The molecule has 1 spiro atoms. The van der Waals surface area contributed by atoms with Crippen LogP contribution in [0.1, 0.15) is 55.1 Å². The molecular formula is C25H32N2O4. The monoisotopic (exact) mass is 424 g/mol. The van der Waals surface area contributed by atoms with Crippen LogP contribution in [0.4, 0.5) is 0 Å². The van der Waals surface area contributed by atoms with Gasteiger partial charge in [0.05, 0.1) is 18.8 Å². The van der Waals surface area contributed by atoms with Crippen LogP contribution >= 0.6 is 0 Å². The first-order valence-corrected chi connectivity index (χ1v) is 11.1. The van der Waals surface area contributed by atoms with Gasteiger partial charge in [-0.15, -0.1) is 0 Å². The summed E-state index contributed by atoms with van der Waals surface area (Å²) in [4.78, 5) is 14.8. The normalized spacial score (nSPS) is 23.7. The van der Waals surface area contributed by atoms with Gasteiger partial charge in [0.1, 0.15) is 6.73 Å². The van der Waals surface area contributed by atoms with Gasteiger partial charge >= 0.3 is 0 Å². The molecule has 0 aliphatic carbocycles. The molecule has 4 rings (SSSR count). The minimum atomic E-state index is -0.186. The number of hydrogen-bond donors (Lipinski definition) is 1. The van der Waals surface area contributed by atoms with Crippen molar-refractivity contribution < 1.29 is 19.0 Å². The molecular weight excluding hydrogens is 392 g/mol. The van der Waals surface area contributed by atoms with E-state index in [9.17, 15) is 4.79 Å². The zero-order chi connectivity index (χ0) is 21.8. The van der Waals surface area contributed by atoms with Crippen molar-refractivity contribution in [3.05, 3.63) is 59.7 Å². The Hall–Kier alpha value is -2.57. The summed E-state index contributed by atoms with van der Waals surface area (Å²) in [6, 6.07) is 16.3. The first kappa shape index (κ1) is 21.7. The molecule has 2 aromatic carbocycles. The van der Waals surface area contributed by atoms with Gasteiger partial charge < -0.3 is 24.4 Å². The molecule has 2 aromatic rings. The number of benzene rings is 2. The van der Waals surface area contributed by atoms with Crippen molar-refractivity contribution in [2.24, 2.45) is 0 Å². The van der Waals surface area contributed by atoms with Gasteiger partial charge in [-0.2, -0.15) is 0 Å². The lowest BCUT2D eigenvalue weighted by atomic mass is 9.84. The quantitative estimate of drug-likeness (QED) is 0.781. The van der Waals surface area contributed by atoms with Crippen molar-refractivity contribution in [1.82, 2.24) is 10.2 Å². The first-order chi connectivity index (χ1) is 15.0. The molecule has 2 saturated heterocycles. The van der Waals surface area contributed by atoms with E-state index in [4.69, 9.17) is 14.2 Å². The second-order valence-corrected chi connectivity index (χ2v) is 8.69. The van der Waals surface area contributed by atoms with Crippen LogP contribution in [-0.4, -0.2) is 49.4 Å². The highest BCUT2D eigenvalue weighted by atomic mass is 16.5. The largest absolute Gasteiger partial charge is 0.493 e. The predicted molar refractivity (Wildman–Crippen MR) is 120 cm³/mol.